The number of aliphatic hydroxyl groups is 4. The molecule has 1 aromatic heterocycles. The first kappa shape index (κ1) is 16.3. The SMILES string of the molecule is OC[C@H]1O[C@@H](OCCn2cnc3ccccc32)[C@H](O)[C@@H](O)[C@@H]1O. The Hall–Kier alpha value is -1.55. The Kier molecular flexibility index (Phi) is 4.90. The average molecular weight is 324 g/mol. The lowest BCUT2D eigenvalue weighted by Gasteiger charge is -2.39. The van der Waals surface area contributed by atoms with Crippen LogP contribution < -0.4 is 0 Å². The molecule has 1 aliphatic heterocycles. The summed E-state index contributed by atoms with van der Waals surface area (Å²) in [5.41, 5.74) is 1.84. The normalized spacial score (nSPS) is 31.6. The molecule has 2 heterocycles. The van der Waals surface area contributed by atoms with Crippen molar-refractivity contribution in [3.63, 3.8) is 0 Å². The highest BCUT2D eigenvalue weighted by atomic mass is 16.7. The molecule has 0 aliphatic carbocycles. The van der Waals surface area contributed by atoms with Gasteiger partial charge in [-0.05, 0) is 12.1 Å². The van der Waals surface area contributed by atoms with Crippen LogP contribution in [0.15, 0.2) is 30.6 Å². The summed E-state index contributed by atoms with van der Waals surface area (Å²) < 4.78 is 12.6. The minimum Gasteiger partial charge on any atom is -0.394 e. The Balaban J connectivity index is 1.59. The zero-order valence-corrected chi connectivity index (χ0v) is 12.4. The van der Waals surface area contributed by atoms with Gasteiger partial charge in [-0.2, -0.15) is 0 Å². The Morgan fingerprint density at radius 3 is 2.70 bits per heavy atom. The minimum atomic E-state index is -1.43. The van der Waals surface area contributed by atoms with E-state index in [0.717, 1.165) is 11.0 Å². The summed E-state index contributed by atoms with van der Waals surface area (Å²) >= 11 is 0. The van der Waals surface area contributed by atoms with Gasteiger partial charge >= 0.3 is 0 Å². The fourth-order valence-electron chi connectivity index (χ4n) is 2.66. The van der Waals surface area contributed by atoms with Crippen molar-refractivity contribution in [1.29, 1.82) is 0 Å². The minimum absolute atomic E-state index is 0.211. The smallest absolute Gasteiger partial charge is 0.186 e. The fourth-order valence-corrected chi connectivity index (χ4v) is 2.66. The van der Waals surface area contributed by atoms with Crippen molar-refractivity contribution >= 4 is 11.0 Å². The first-order valence-electron chi connectivity index (χ1n) is 7.44. The van der Waals surface area contributed by atoms with E-state index in [2.05, 4.69) is 4.98 Å². The Morgan fingerprint density at radius 1 is 1.13 bits per heavy atom. The lowest BCUT2D eigenvalue weighted by Crippen LogP contribution is -2.59. The molecule has 0 unspecified atom stereocenters. The molecule has 0 bridgehead atoms. The molecule has 8 heteroatoms. The van der Waals surface area contributed by atoms with Gasteiger partial charge in [-0.25, -0.2) is 4.98 Å². The summed E-state index contributed by atoms with van der Waals surface area (Å²) in [6.07, 6.45) is -4.58. The van der Waals surface area contributed by atoms with Gasteiger partial charge in [0.1, 0.15) is 24.4 Å². The molecule has 1 fully saturated rings. The third-order valence-corrected chi connectivity index (χ3v) is 3.99. The van der Waals surface area contributed by atoms with Crippen LogP contribution in [0.3, 0.4) is 0 Å². The van der Waals surface area contributed by atoms with Crippen LogP contribution in [0.1, 0.15) is 0 Å². The Morgan fingerprint density at radius 2 is 1.91 bits per heavy atom. The zero-order valence-electron chi connectivity index (χ0n) is 12.4. The molecule has 1 saturated heterocycles. The molecular formula is C15H20N2O6. The maximum atomic E-state index is 9.89. The average Bonchev–Trinajstić information content (AvgIpc) is 2.98. The van der Waals surface area contributed by atoms with Crippen LogP contribution in [0.25, 0.3) is 11.0 Å². The summed E-state index contributed by atoms with van der Waals surface area (Å²) in [6.45, 7) is 0.218. The number of nitrogens with zero attached hydrogens (tertiary/aromatic N) is 2. The summed E-state index contributed by atoms with van der Waals surface area (Å²) in [5.74, 6) is 0. The molecule has 1 aromatic carbocycles. The zero-order chi connectivity index (χ0) is 16.4. The standard InChI is InChI=1S/C15H20N2O6/c18-7-11-12(19)13(20)14(21)15(23-11)22-6-5-17-8-16-9-3-1-2-4-10(9)17/h1-4,8,11-15,18-21H,5-7H2/t11-,12-,13+,14-,15-/m1/s1. The number of hydrogen-bond donors (Lipinski definition) is 4. The van der Waals surface area contributed by atoms with Crippen LogP contribution in [0.4, 0.5) is 0 Å². The first-order chi connectivity index (χ1) is 11.1. The van der Waals surface area contributed by atoms with Crippen LogP contribution in [0.2, 0.25) is 0 Å². The van der Waals surface area contributed by atoms with Gasteiger partial charge in [-0.3, -0.25) is 0 Å². The van der Waals surface area contributed by atoms with E-state index in [-0.39, 0.29) is 6.61 Å². The third-order valence-electron chi connectivity index (χ3n) is 3.99. The van der Waals surface area contributed by atoms with Crippen LogP contribution in [-0.2, 0) is 16.0 Å². The molecule has 5 atom stereocenters. The first-order valence-corrected chi connectivity index (χ1v) is 7.44. The van der Waals surface area contributed by atoms with E-state index in [4.69, 9.17) is 14.6 Å². The van der Waals surface area contributed by atoms with Crippen molar-refractivity contribution < 1.29 is 29.9 Å². The second kappa shape index (κ2) is 6.91. The second-order valence-corrected chi connectivity index (χ2v) is 5.49. The summed E-state index contributed by atoms with van der Waals surface area (Å²) in [6, 6.07) is 7.67. The Bertz CT molecular complexity index is 646. The van der Waals surface area contributed by atoms with Crippen LogP contribution in [0, 0.1) is 0 Å². The fraction of sp³-hybridized carbons (Fsp3) is 0.533. The highest BCUT2D eigenvalue weighted by Gasteiger charge is 2.43. The summed E-state index contributed by atoms with van der Waals surface area (Å²) in [4.78, 5) is 4.27. The van der Waals surface area contributed by atoms with E-state index in [1.54, 1.807) is 6.33 Å². The molecule has 3 rings (SSSR count). The van der Waals surface area contributed by atoms with Gasteiger partial charge in [0, 0.05) is 6.54 Å². The van der Waals surface area contributed by atoms with Crippen molar-refractivity contribution in [2.75, 3.05) is 13.2 Å². The lowest BCUT2D eigenvalue weighted by atomic mass is 9.99. The molecule has 0 amide bonds. The van der Waals surface area contributed by atoms with Crippen molar-refractivity contribution in [2.24, 2.45) is 0 Å². The van der Waals surface area contributed by atoms with E-state index in [0.29, 0.717) is 6.54 Å². The van der Waals surface area contributed by atoms with Crippen molar-refractivity contribution in [3.8, 4) is 0 Å². The predicted molar refractivity (Wildman–Crippen MR) is 79.5 cm³/mol. The number of ether oxygens (including phenoxy) is 2. The van der Waals surface area contributed by atoms with Crippen LogP contribution in [0.5, 0.6) is 0 Å². The van der Waals surface area contributed by atoms with Gasteiger partial charge in [0.2, 0.25) is 0 Å². The van der Waals surface area contributed by atoms with E-state index >= 15 is 0 Å². The maximum absolute atomic E-state index is 9.89. The van der Waals surface area contributed by atoms with Gasteiger partial charge in [-0.15, -0.1) is 0 Å². The van der Waals surface area contributed by atoms with Crippen LogP contribution >= 0.6 is 0 Å². The number of para-hydroxylation sites is 2. The molecule has 8 nitrogen and oxygen atoms in total. The van der Waals surface area contributed by atoms with Crippen LogP contribution in [-0.4, -0.2) is 73.9 Å². The molecule has 0 saturated carbocycles. The molecule has 0 spiro atoms. The van der Waals surface area contributed by atoms with Gasteiger partial charge in [0.15, 0.2) is 6.29 Å². The summed E-state index contributed by atoms with van der Waals surface area (Å²) in [7, 11) is 0. The molecule has 0 radical (unpaired) electrons. The van der Waals surface area contributed by atoms with E-state index in [9.17, 15) is 15.3 Å². The number of aromatic nitrogens is 2. The number of benzene rings is 1. The molecule has 4 N–H and O–H groups in total. The van der Waals surface area contributed by atoms with Gasteiger partial charge in [0.25, 0.3) is 0 Å². The molecule has 1 aliphatic rings. The molecular weight excluding hydrogens is 304 g/mol. The second-order valence-electron chi connectivity index (χ2n) is 5.49. The molecule has 23 heavy (non-hydrogen) atoms. The summed E-state index contributed by atoms with van der Waals surface area (Å²) in [5, 5.41) is 38.4. The number of fused-ring (bicyclic) bond motifs is 1. The monoisotopic (exact) mass is 324 g/mol. The van der Waals surface area contributed by atoms with Crippen molar-refractivity contribution in [2.45, 2.75) is 37.3 Å². The quantitative estimate of drug-likeness (QED) is 0.549. The van der Waals surface area contributed by atoms with Gasteiger partial charge in [-0.1, -0.05) is 12.1 Å². The number of aliphatic hydroxyl groups excluding tert-OH is 4. The molecule has 2 aromatic rings. The van der Waals surface area contributed by atoms with Crippen molar-refractivity contribution in [1.82, 2.24) is 9.55 Å². The van der Waals surface area contributed by atoms with Gasteiger partial charge < -0.3 is 34.5 Å². The largest absolute Gasteiger partial charge is 0.394 e. The topological polar surface area (TPSA) is 117 Å². The Labute approximate surface area is 132 Å². The van der Waals surface area contributed by atoms with Crippen molar-refractivity contribution in [3.05, 3.63) is 30.6 Å². The number of hydrogen-bond acceptors (Lipinski definition) is 7. The van der Waals surface area contributed by atoms with Gasteiger partial charge in [0.05, 0.1) is 30.6 Å². The highest BCUT2D eigenvalue weighted by molar-refractivity contribution is 5.74. The van der Waals surface area contributed by atoms with E-state index < -0.39 is 37.3 Å². The predicted octanol–water partition coefficient (Wildman–Crippen LogP) is -1.15. The highest BCUT2D eigenvalue weighted by Crippen LogP contribution is 2.22. The maximum Gasteiger partial charge on any atom is 0.186 e. The molecule has 126 valence electrons. The lowest BCUT2D eigenvalue weighted by molar-refractivity contribution is -0.301. The number of rotatable bonds is 5. The number of imidazole rings is 1. The third kappa shape index (κ3) is 3.23. The van der Waals surface area contributed by atoms with E-state index in [1.165, 1.54) is 0 Å². The van der Waals surface area contributed by atoms with E-state index in [1.807, 2.05) is 28.8 Å².